The van der Waals surface area contributed by atoms with Gasteiger partial charge in [-0.25, -0.2) is 4.98 Å². The summed E-state index contributed by atoms with van der Waals surface area (Å²) in [7, 11) is 0. The van der Waals surface area contributed by atoms with Crippen LogP contribution in [0.5, 0.6) is 0 Å². The Hall–Kier alpha value is -1.08. The van der Waals surface area contributed by atoms with Gasteiger partial charge >= 0.3 is 11.9 Å². The second-order valence-corrected chi connectivity index (χ2v) is 6.36. The van der Waals surface area contributed by atoms with Gasteiger partial charge in [-0.1, -0.05) is 18.7 Å². The molecule has 5 nitrogen and oxygen atoms in total. The van der Waals surface area contributed by atoms with Crippen LogP contribution in [-0.4, -0.2) is 33.9 Å². The van der Waals surface area contributed by atoms with E-state index in [1.165, 1.54) is 23.1 Å². The summed E-state index contributed by atoms with van der Waals surface area (Å²) < 4.78 is 5.71. The molecule has 0 aliphatic rings. The van der Waals surface area contributed by atoms with Crippen molar-refractivity contribution in [3.05, 3.63) is 10.6 Å². The number of hydrogen-bond acceptors (Lipinski definition) is 6. The van der Waals surface area contributed by atoms with E-state index in [4.69, 9.17) is 9.84 Å². The number of hydrogen-bond donors (Lipinski definition) is 1. The lowest BCUT2D eigenvalue weighted by molar-refractivity contribution is -0.142. The summed E-state index contributed by atoms with van der Waals surface area (Å²) in [4.78, 5) is 27.4. The van der Waals surface area contributed by atoms with Gasteiger partial charge in [-0.15, -0.1) is 11.3 Å². The number of carbonyl (C=O) groups excluding carboxylic acids is 1. The van der Waals surface area contributed by atoms with Crippen LogP contribution in [0.25, 0.3) is 0 Å². The molecule has 1 atom stereocenters. The molecule has 0 radical (unpaired) electrons. The molecular formula is C12H17NO4S2. The quantitative estimate of drug-likeness (QED) is 0.616. The van der Waals surface area contributed by atoms with Crippen LogP contribution in [0.2, 0.25) is 0 Å². The number of nitrogens with zero attached hydrogens (tertiary/aromatic N) is 1. The summed E-state index contributed by atoms with van der Waals surface area (Å²) in [5.74, 6) is -1.12. The highest BCUT2D eigenvalue weighted by Gasteiger charge is 2.22. The van der Waals surface area contributed by atoms with Crippen LogP contribution in [0.1, 0.15) is 30.8 Å². The van der Waals surface area contributed by atoms with Crippen molar-refractivity contribution in [1.29, 1.82) is 0 Å². The predicted octanol–water partition coefficient (Wildman–Crippen LogP) is 2.51. The van der Waals surface area contributed by atoms with Crippen LogP contribution in [0.15, 0.2) is 4.34 Å². The summed E-state index contributed by atoms with van der Waals surface area (Å²) in [6, 6.07) is 0. The number of thiazole rings is 1. The molecule has 0 aliphatic carbocycles. The number of rotatable bonds is 7. The molecule has 0 aromatic carbocycles. The number of ether oxygens (including phenoxy) is 1. The van der Waals surface area contributed by atoms with E-state index in [9.17, 15) is 9.59 Å². The lowest BCUT2D eigenvalue weighted by Crippen LogP contribution is -2.19. The Bertz CT molecular complexity index is 459. The molecule has 0 fully saturated rings. The van der Waals surface area contributed by atoms with Crippen molar-refractivity contribution in [3.8, 4) is 0 Å². The van der Waals surface area contributed by atoms with Crippen LogP contribution in [0, 0.1) is 6.92 Å². The van der Waals surface area contributed by atoms with Gasteiger partial charge in [0.25, 0.3) is 0 Å². The average Bonchev–Trinajstić information content (AvgIpc) is 2.66. The highest BCUT2D eigenvalue weighted by Crippen LogP contribution is 2.32. The molecule has 19 heavy (non-hydrogen) atoms. The number of aromatic nitrogens is 1. The Balaban J connectivity index is 2.75. The molecule has 1 N–H and O–H groups in total. The second kappa shape index (κ2) is 7.49. The van der Waals surface area contributed by atoms with Crippen molar-refractivity contribution in [3.63, 3.8) is 0 Å². The number of thioether (sulfide) groups is 1. The van der Waals surface area contributed by atoms with Crippen LogP contribution in [-0.2, 0) is 20.7 Å². The van der Waals surface area contributed by atoms with E-state index in [2.05, 4.69) is 4.98 Å². The minimum absolute atomic E-state index is 0.0275. The molecule has 0 spiro atoms. The third-order valence-corrected chi connectivity index (χ3v) is 4.94. The number of esters is 1. The average molecular weight is 303 g/mol. The monoisotopic (exact) mass is 303 g/mol. The summed E-state index contributed by atoms with van der Waals surface area (Å²) in [6.07, 6.45) is 0.622. The predicted molar refractivity (Wildman–Crippen MR) is 74.8 cm³/mol. The van der Waals surface area contributed by atoms with Crippen molar-refractivity contribution < 1.29 is 19.4 Å². The second-order valence-electron chi connectivity index (χ2n) is 3.83. The third kappa shape index (κ3) is 4.83. The summed E-state index contributed by atoms with van der Waals surface area (Å²) in [6.45, 7) is 5.82. The Morgan fingerprint density at radius 3 is 2.68 bits per heavy atom. The smallest absolute Gasteiger partial charge is 0.319 e. The number of aryl methyl sites for hydroxylation is 1. The van der Waals surface area contributed by atoms with Gasteiger partial charge < -0.3 is 9.84 Å². The van der Waals surface area contributed by atoms with Gasteiger partial charge in [0.2, 0.25) is 0 Å². The molecule has 0 bridgehead atoms. The van der Waals surface area contributed by atoms with Gasteiger partial charge in [-0.05, 0) is 20.3 Å². The van der Waals surface area contributed by atoms with Crippen molar-refractivity contribution in [2.24, 2.45) is 0 Å². The summed E-state index contributed by atoms with van der Waals surface area (Å²) in [5.41, 5.74) is 0.716. The molecule has 1 heterocycles. The minimum Gasteiger partial charge on any atom is -0.481 e. The zero-order chi connectivity index (χ0) is 14.4. The molecule has 7 heteroatoms. The van der Waals surface area contributed by atoms with Crippen LogP contribution < -0.4 is 0 Å². The Morgan fingerprint density at radius 1 is 1.47 bits per heavy atom. The van der Waals surface area contributed by atoms with Crippen LogP contribution in [0.3, 0.4) is 0 Å². The molecule has 1 aromatic rings. The van der Waals surface area contributed by atoms with Crippen molar-refractivity contribution >= 4 is 35.0 Å². The molecule has 1 aromatic heterocycles. The Kier molecular flexibility index (Phi) is 6.30. The number of aliphatic carboxylic acids is 1. The van der Waals surface area contributed by atoms with E-state index in [1.807, 2.05) is 6.92 Å². The number of carboxylic acids is 1. The van der Waals surface area contributed by atoms with Crippen LogP contribution in [0.4, 0.5) is 0 Å². The lowest BCUT2D eigenvalue weighted by atomic mass is 10.3. The normalized spacial score (nSPS) is 12.2. The van der Waals surface area contributed by atoms with E-state index in [0.717, 1.165) is 4.88 Å². The van der Waals surface area contributed by atoms with E-state index >= 15 is 0 Å². The first kappa shape index (κ1) is 16.0. The fourth-order valence-electron chi connectivity index (χ4n) is 1.41. The standard InChI is InChI=1S/C12H17NO4S2/c1-4-8(11(16)17-5-2)18-12-13-7(3)9(19-12)6-10(14)15/h8H,4-6H2,1-3H3,(H,14,15). The van der Waals surface area contributed by atoms with Gasteiger partial charge in [0.15, 0.2) is 4.34 Å². The number of carbonyl (C=O) groups is 2. The van der Waals surface area contributed by atoms with E-state index in [-0.39, 0.29) is 17.6 Å². The molecule has 0 aliphatic heterocycles. The third-order valence-electron chi connectivity index (χ3n) is 2.35. The molecule has 0 amide bonds. The Labute approximate surface area is 120 Å². The fourth-order valence-corrected chi connectivity index (χ4v) is 3.80. The van der Waals surface area contributed by atoms with Crippen molar-refractivity contribution in [2.45, 2.75) is 43.2 Å². The van der Waals surface area contributed by atoms with E-state index in [0.29, 0.717) is 23.1 Å². The SMILES string of the molecule is CCOC(=O)C(CC)Sc1nc(C)c(CC(=O)O)s1. The first-order valence-corrected chi connectivity index (χ1v) is 7.68. The maximum absolute atomic E-state index is 11.7. The summed E-state index contributed by atoms with van der Waals surface area (Å²) in [5, 5.41) is 8.50. The highest BCUT2D eigenvalue weighted by atomic mass is 32.2. The fraction of sp³-hybridized carbons (Fsp3) is 0.583. The van der Waals surface area contributed by atoms with E-state index in [1.54, 1.807) is 13.8 Å². The first-order valence-electron chi connectivity index (χ1n) is 5.99. The van der Waals surface area contributed by atoms with Gasteiger partial charge in [-0.3, -0.25) is 9.59 Å². The van der Waals surface area contributed by atoms with E-state index < -0.39 is 5.97 Å². The van der Waals surface area contributed by atoms with Gasteiger partial charge in [0, 0.05) is 4.88 Å². The zero-order valence-electron chi connectivity index (χ0n) is 11.1. The highest BCUT2D eigenvalue weighted by molar-refractivity contribution is 8.02. The molecular weight excluding hydrogens is 286 g/mol. The maximum atomic E-state index is 11.7. The van der Waals surface area contributed by atoms with Crippen molar-refractivity contribution in [2.75, 3.05) is 6.61 Å². The summed E-state index contributed by atoms with van der Waals surface area (Å²) >= 11 is 2.67. The molecule has 1 unspecified atom stereocenters. The van der Waals surface area contributed by atoms with Gasteiger partial charge in [0.1, 0.15) is 5.25 Å². The zero-order valence-corrected chi connectivity index (χ0v) is 12.8. The Morgan fingerprint density at radius 2 is 2.16 bits per heavy atom. The van der Waals surface area contributed by atoms with Crippen LogP contribution >= 0.6 is 23.1 Å². The van der Waals surface area contributed by atoms with Gasteiger partial charge in [0.05, 0.1) is 18.7 Å². The number of carboxylic acid groups (broad SMARTS) is 1. The molecule has 1 rings (SSSR count). The first-order chi connectivity index (χ1) is 8.97. The molecule has 0 saturated carbocycles. The van der Waals surface area contributed by atoms with Crippen molar-refractivity contribution in [1.82, 2.24) is 4.98 Å². The lowest BCUT2D eigenvalue weighted by Gasteiger charge is -2.10. The topological polar surface area (TPSA) is 76.5 Å². The minimum atomic E-state index is -0.874. The maximum Gasteiger partial charge on any atom is 0.319 e. The largest absolute Gasteiger partial charge is 0.481 e. The van der Waals surface area contributed by atoms with Gasteiger partial charge in [-0.2, -0.15) is 0 Å². The molecule has 106 valence electrons. The molecule has 0 saturated heterocycles.